The Kier molecular flexibility index (Phi) is 2.97. The smallest absolute Gasteiger partial charge is 0.306 e. The van der Waals surface area contributed by atoms with Crippen LogP contribution in [0.4, 0.5) is 0 Å². The standard InChI is InChI=1S/C15H17BrO2/c16-12-1-2-13-11(9-12)5-8-15(13)6-3-10(4-7-15)14(17)18/h1-2,9-10H,3-8H2,(H,17,18). The van der Waals surface area contributed by atoms with Crippen LogP contribution in [0, 0.1) is 5.92 Å². The van der Waals surface area contributed by atoms with Gasteiger partial charge in [-0.25, -0.2) is 0 Å². The van der Waals surface area contributed by atoms with E-state index in [0.717, 1.165) is 36.6 Å². The van der Waals surface area contributed by atoms with Crippen molar-refractivity contribution in [2.45, 2.75) is 43.9 Å². The zero-order valence-electron chi connectivity index (χ0n) is 10.3. The zero-order chi connectivity index (χ0) is 12.8. The highest BCUT2D eigenvalue weighted by atomic mass is 79.9. The van der Waals surface area contributed by atoms with Crippen molar-refractivity contribution >= 4 is 21.9 Å². The van der Waals surface area contributed by atoms with Crippen LogP contribution in [-0.2, 0) is 16.6 Å². The molecule has 0 bridgehead atoms. The molecule has 2 nitrogen and oxygen atoms in total. The van der Waals surface area contributed by atoms with E-state index < -0.39 is 5.97 Å². The van der Waals surface area contributed by atoms with Crippen molar-refractivity contribution in [2.75, 3.05) is 0 Å². The van der Waals surface area contributed by atoms with Crippen LogP contribution in [-0.4, -0.2) is 11.1 Å². The third-order valence-corrected chi connectivity index (χ3v) is 5.30. The first-order chi connectivity index (χ1) is 8.61. The number of rotatable bonds is 1. The average molecular weight is 309 g/mol. The minimum Gasteiger partial charge on any atom is -0.481 e. The molecular formula is C15H17BrO2. The molecule has 1 aromatic rings. The summed E-state index contributed by atoms with van der Waals surface area (Å²) in [6, 6.07) is 6.59. The van der Waals surface area contributed by atoms with Crippen LogP contribution in [0.2, 0.25) is 0 Å². The van der Waals surface area contributed by atoms with Crippen molar-refractivity contribution in [3.63, 3.8) is 0 Å². The van der Waals surface area contributed by atoms with Crippen LogP contribution < -0.4 is 0 Å². The third kappa shape index (κ3) is 1.89. The first-order valence-corrected chi connectivity index (χ1v) is 7.42. The van der Waals surface area contributed by atoms with Gasteiger partial charge in [-0.2, -0.15) is 0 Å². The Morgan fingerprint density at radius 2 is 2.00 bits per heavy atom. The predicted molar refractivity (Wildman–Crippen MR) is 73.7 cm³/mol. The van der Waals surface area contributed by atoms with Crippen molar-refractivity contribution < 1.29 is 9.90 Å². The maximum atomic E-state index is 11.0. The Balaban J connectivity index is 1.86. The Morgan fingerprint density at radius 1 is 1.28 bits per heavy atom. The molecule has 1 fully saturated rings. The zero-order valence-corrected chi connectivity index (χ0v) is 11.9. The van der Waals surface area contributed by atoms with Gasteiger partial charge in [0.15, 0.2) is 0 Å². The molecule has 0 heterocycles. The van der Waals surface area contributed by atoms with Gasteiger partial charge < -0.3 is 5.11 Å². The summed E-state index contributed by atoms with van der Waals surface area (Å²) in [4.78, 5) is 11.0. The number of carbonyl (C=O) groups is 1. The molecule has 1 spiro atoms. The van der Waals surface area contributed by atoms with E-state index >= 15 is 0 Å². The van der Waals surface area contributed by atoms with Crippen molar-refractivity contribution in [3.8, 4) is 0 Å². The molecule has 3 heteroatoms. The molecule has 0 radical (unpaired) electrons. The van der Waals surface area contributed by atoms with Gasteiger partial charge in [0.1, 0.15) is 0 Å². The van der Waals surface area contributed by atoms with Gasteiger partial charge in [-0.3, -0.25) is 4.79 Å². The molecule has 0 aliphatic heterocycles. The molecule has 2 aliphatic rings. The maximum Gasteiger partial charge on any atom is 0.306 e. The van der Waals surface area contributed by atoms with Gasteiger partial charge in [0.25, 0.3) is 0 Å². The molecule has 18 heavy (non-hydrogen) atoms. The average Bonchev–Trinajstić information content (AvgIpc) is 2.68. The van der Waals surface area contributed by atoms with Gasteiger partial charge in [0.05, 0.1) is 5.92 Å². The lowest BCUT2D eigenvalue weighted by Crippen LogP contribution is -2.32. The van der Waals surface area contributed by atoms with Gasteiger partial charge in [0, 0.05) is 4.47 Å². The van der Waals surface area contributed by atoms with Crippen LogP contribution in [0.1, 0.15) is 43.2 Å². The monoisotopic (exact) mass is 308 g/mol. The molecule has 96 valence electrons. The molecule has 1 saturated carbocycles. The summed E-state index contributed by atoms with van der Waals surface area (Å²) >= 11 is 3.53. The van der Waals surface area contributed by atoms with E-state index in [9.17, 15) is 4.79 Å². The maximum absolute atomic E-state index is 11.0. The van der Waals surface area contributed by atoms with Gasteiger partial charge >= 0.3 is 5.97 Å². The van der Waals surface area contributed by atoms with Gasteiger partial charge in [-0.1, -0.05) is 22.0 Å². The minimum absolute atomic E-state index is 0.116. The van der Waals surface area contributed by atoms with Crippen molar-refractivity contribution in [1.29, 1.82) is 0 Å². The third-order valence-electron chi connectivity index (χ3n) is 4.80. The topological polar surface area (TPSA) is 37.3 Å². The fourth-order valence-electron chi connectivity index (χ4n) is 3.73. The quantitative estimate of drug-likeness (QED) is 0.854. The number of fused-ring (bicyclic) bond motifs is 2. The second-order valence-corrected chi connectivity index (χ2v) is 6.61. The first kappa shape index (κ1) is 12.2. The summed E-state index contributed by atoms with van der Waals surface area (Å²) in [6.45, 7) is 0. The lowest BCUT2D eigenvalue weighted by Gasteiger charge is -2.37. The fourth-order valence-corrected chi connectivity index (χ4v) is 4.14. The number of aliphatic carboxylic acids is 1. The molecule has 0 saturated heterocycles. The molecule has 0 aromatic heterocycles. The molecular weight excluding hydrogens is 292 g/mol. The van der Waals surface area contributed by atoms with E-state index in [1.165, 1.54) is 17.5 Å². The van der Waals surface area contributed by atoms with Crippen molar-refractivity contribution in [3.05, 3.63) is 33.8 Å². The Morgan fingerprint density at radius 3 is 2.67 bits per heavy atom. The summed E-state index contributed by atoms with van der Waals surface area (Å²) in [6.07, 6.45) is 6.10. The fraction of sp³-hybridized carbons (Fsp3) is 0.533. The lowest BCUT2D eigenvalue weighted by atomic mass is 9.67. The predicted octanol–water partition coefficient (Wildman–Crippen LogP) is 3.91. The van der Waals surface area contributed by atoms with E-state index in [1.807, 2.05) is 0 Å². The largest absolute Gasteiger partial charge is 0.481 e. The van der Waals surface area contributed by atoms with Crippen LogP contribution in [0.3, 0.4) is 0 Å². The molecule has 1 aromatic carbocycles. The lowest BCUT2D eigenvalue weighted by molar-refractivity contribution is -0.143. The number of aryl methyl sites for hydroxylation is 1. The van der Waals surface area contributed by atoms with Crippen LogP contribution in [0.15, 0.2) is 22.7 Å². The number of carboxylic acid groups (broad SMARTS) is 1. The number of hydrogen-bond acceptors (Lipinski definition) is 1. The second kappa shape index (κ2) is 4.37. The highest BCUT2D eigenvalue weighted by molar-refractivity contribution is 9.10. The molecule has 0 unspecified atom stereocenters. The van der Waals surface area contributed by atoms with E-state index in [1.54, 1.807) is 0 Å². The number of carboxylic acids is 1. The summed E-state index contributed by atoms with van der Waals surface area (Å²) in [5.41, 5.74) is 3.22. The Bertz CT molecular complexity index is 487. The Labute approximate surface area is 116 Å². The highest BCUT2D eigenvalue weighted by Gasteiger charge is 2.42. The van der Waals surface area contributed by atoms with E-state index in [4.69, 9.17) is 5.11 Å². The van der Waals surface area contributed by atoms with E-state index in [-0.39, 0.29) is 11.3 Å². The second-order valence-electron chi connectivity index (χ2n) is 5.69. The molecule has 0 atom stereocenters. The number of hydrogen-bond donors (Lipinski definition) is 1. The minimum atomic E-state index is -0.612. The van der Waals surface area contributed by atoms with Gasteiger partial charge in [-0.05, 0) is 67.2 Å². The highest BCUT2D eigenvalue weighted by Crippen LogP contribution is 2.50. The SMILES string of the molecule is O=C(O)C1CCC2(CCc3cc(Br)ccc32)CC1. The molecule has 1 N–H and O–H groups in total. The van der Waals surface area contributed by atoms with Gasteiger partial charge in [-0.15, -0.1) is 0 Å². The summed E-state index contributed by atoms with van der Waals surface area (Å²) < 4.78 is 1.15. The van der Waals surface area contributed by atoms with Crippen LogP contribution in [0.25, 0.3) is 0 Å². The molecule has 3 rings (SSSR count). The molecule has 0 amide bonds. The Hall–Kier alpha value is -0.830. The number of halogens is 1. The molecule has 2 aliphatic carbocycles. The van der Waals surface area contributed by atoms with E-state index in [0.29, 0.717) is 0 Å². The first-order valence-electron chi connectivity index (χ1n) is 6.62. The van der Waals surface area contributed by atoms with Crippen LogP contribution >= 0.6 is 15.9 Å². The number of benzene rings is 1. The van der Waals surface area contributed by atoms with Gasteiger partial charge in [0.2, 0.25) is 0 Å². The van der Waals surface area contributed by atoms with Crippen molar-refractivity contribution in [2.24, 2.45) is 5.92 Å². The normalized spacial score (nSPS) is 30.4. The van der Waals surface area contributed by atoms with Crippen LogP contribution in [0.5, 0.6) is 0 Å². The summed E-state index contributed by atoms with van der Waals surface area (Å²) in [5, 5.41) is 9.09. The van der Waals surface area contributed by atoms with Crippen molar-refractivity contribution in [1.82, 2.24) is 0 Å². The summed E-state index contributed by atoms with van der Waals surface area (Å²) in [5.74, 6) is -0.728. The van der Waals surface area contributed by atoms with E-state index in [2.05, 4.69) is 34.1 Å². The summed E-state index contributed by atoms with van der Waals surface area (Å²) in [7, 11) is 0.